The molecule has 0 aliphatic heterocycles. The van der Waals surface area contributed by atoms with Crippen LogP contribution < -0.4 is 5.73 Å². The predicted molar refractivity (Wildman–Crippen MR) is 77.8 cm³/mol. The molecule has 1 rings (SSSR count). The monoisotopic (exact) mass is 264 g/mol. The molecule has 0 bridgehead atoms. The number of para-hydroxylation sites is 1. The Morgan fingerprint density at radius 3 is 2.47 bits per heavy atom. The van der Waals surface area contributed by atoms with Gasteiger partial charge in [-0.3, -0.25) is 0 Å². The molecule has 0 aliphatic rings. The fraction of sp³-hybridized carbons (Fsp3) is 0.533. The second-order valence-corrected chi connectivity index (χ2v) is 5.60. The molecule has 4 nitrogen and oxygen atoms in total. The van der Waals surface area contributed by atoms with Gasteiger partial charge in [-0.05, 0) is 38.8 Å². The Balaban J connectivity index is 2.78. The van der Waals surface area contributed by atoms with E-state index in [0.717, 1.165) is 12.0 Å². The molecule has 19 heavy (non-hydrogen) atoms. The third kappa shape index (κ3) is 5.20. The average Bonchev–Trinajstić information content (AvgIpc) is 2.29. The van der Waals surface area contributed by atoms with Gasteiger partial charge < -0.3 is 15.4 Å². The van der Waals surface area contributed by atoms with Crippen molar-refractivity contribution in [2.75, 3.05) is 12.3 Å². The van der Waals surface area contributed by atoms with E-state index in [0.29, 0.717) is 18.8 Å². The molecule has 106 valence electrons. The van der Waals surface area contributed by atoms with Crippen LogP contribution in [0.5, 0.6) is 0 Å². The zero-order valence-electron chi connectivity index (χ0n) is 12.3. The molecule has 1 amide bonds. The molecular formula is C15H24N2O2. The Bertz CT molecular complexity index is 424. The van der Waals surface area contributed by atoms with Crippen LogP contribution in [0.25, 0.3) is 0 Å². The number of rotatable bonds is 4. The number of nitrogen functional groups attached to an aromatic ring is 1. The number of benzene rings is 1. The fourth-order valence-corrected chi connectivity index (χ4v) is 1.72. The Morgan fingerprint density at radius 1 is 1.32 bits per heavy atom. The van der Waals surface area contributed by atoms with E-state index in [-0.39, 0.29) is 6.09 Å². The van der Waals surface area contributed by atoms with E-state index in [1.807, 2.05) is 52.0 Å². The van der Waals surface area contributed by atoms with Crippen molar-refractivity contribution in [3.63, 3.8) is 0 Å². The first kappa shape index (κ1) is 15.3. The van der Waals surface area contributed by atoms with E-state index in [2.05, 4.69) is 0 Å². The van der Waals surface area contributed by atoms with Crippen molar-refractivity contribution in [1.29, 1.82) is 0 Å². The number of nitrogens with two attached hydrogens (primary N) is 1. The molecule has 2 N–H and O–H groups in total. The number of nitrogens with zero attached hydrogens (tertiary/aromatic N) is 1. The number of amides is 1. The molecule has 0 aliphatic carbocycles. The number of carbonyl (C=O) groups is 1. The van der Waals surface area contributed by atoms with Gasteiger partial charge in [0.05, 0.1) is 6.54 Å². The smallest absolute Gasteiger partial charge is 0.410 e. The number of hydrogen-bond donors (Lipinski definition) is 1. The lowest BCUT2D eigenvalue weighted by atomic mass is 10.1. The summed E-state index contributed by atoms with van der Waals surface area (Å²) in [6, 6.07) is 7.58. The third-order valence-electron chi connectivity index (χ3n) is 2.56. The van der Waals surface area contributed by atoms with Gasteiger partial charge in [0.15, 0.2) is 0 Å². The van der Waals surface area contributed by atoms with E-state index in [9.17, 15) is 4.79 Å². The van der Waals surface area contributed by atoms with Gasteiger partial charge in [-0.25, -0.2) is 4.79 Å². The van der Waals surface area contributed by atoms with E-state index in [1.165, 1.54) is 0 Å². The van der Waals surface area contributed by atoms with Crippen molar-refractivity contribution < 1.29 is 9.53 Å². The van der Waals surface area contributed by atoms with Crippen molar-refractivity contribution in [3.05, 3.63) is 29.8 Å². The lowest BCUT2D eigenvalue weighted by Crippen LogP contribution is -2.37. The summed E-state index contributed by atoms with van der Waals surface area (Å²) in [5.74, 6) is 0. The van der Waals surface area contributed by atoms with Gasteiger partial charge in [-0.2, -0.15) is 0 Å². The summed E-state index contributed by atoms with van der Waals surface area (Å²) in [5.41, 5.74) is 7.08. The van der Waals surface area contributed by atoms with Crippen molar-refractivity contribution in [2.24, 2.45) is 0 Å². The predicted octanol–water partition coefficient (Wildman–Crippen LogP) is 3.42. The quantitative estimate of drug-likeness (QED) is 0.848. The zero-order chi connectivity index (χ0) is 14.5. The minimum Gasteiger partial charge on any atom is -0.444 e. The number of carbonyl (C=O) groups excluding carboxylic acids is 1. The van der Waals surface area contributed by atoms with E-state index >= 15 is 0 Å². The maximum absolute atomic E-state index is 12.1. The minimum atomic E-state index is -0.481. The van der Waals surface area contributed by atoms with Gasteiger partial charge in [-0.1, -0.05) is 25.1 Å². The highest BCUT2D eigenvalue weighted by Crippen LogP contribution is 2.16. The highest BCUT2D eigenvalue weighted by molar-refractivity contribution is 5.68. The van der Waals surface area contributed by atoms with E-state index in [1.54, 1.807) is 4.90 Å². The zero-order valence-corrected chi connectivity index (χ0v) is 12.3. The summed E-state index contributed by atoms with van der Waals surface area (Å²) < 4.78 is 5.41. The van der Waals surface area contributed by atoms with Gasteiger partial charge in [0.1, 0.15) is 5.60 Å². The molecule has 0 radical (unpaired) electrons. The molecular weight excluding hydrogens is 240 g/mol. The van der Waals surface area contributed by atoms with Crippen molar-refractivity contribution >= 4 is 11.8 Å². The van der Waals surface area contributed by atoms with Gasteiger partial charge >= 0.3 is 6.09 Å². The number of ether oxygens (including phenoxy) is 1. The Hall–Kier alpha value is -1.71. The summed E-state index contributed by atoms with van der Waals surface area (Å²) in [7, 11) is 0. The van der Waals surface area contributed by atoms with E-state index in [4.69, 9.17) is 10.5 Å². The molecule has 0 spiro atoms. The van der Waals surface area contributed by atoms with Crippen molar-refractivity contribution in [3.8, 4) is 0 Å². The van der Waals surface area contributed by atoms with Gasteiger partial charge in [-0.15, -0.1) is 0 Å². The minimum absolute atomic E-state index is 0.294. The molecule has 0 aromatic heterocycles. The summed E-state index contributed by atoms with van der Waals surface area (Å²) >= 11 is 0. The highest BCUT2D eigenvalue weighted by Gasteiger charge is 2.22. The van der Waals surface area contributed by atoms with E-state index < -0.39 is 5.60 Å². The molecule has 0 atom stereocenters. The second kappa shape index (κ2) is 6.45. The Kier molecular flexibility index (Phi) is 5.21. The number of hydrogen-bond acceptors (Lipinski definition) is 3. The van der Waals surface area contributed by atoms with Gasteiger partial charge in [0, 0.05) is 12.2 Å². The van der Waals surface area contributed by atoms with Crippen molar-refractivity contribution in [2.45, 2.75) is 46.3 Å². The maximum atomic E-state index is 12.1. The van der Waals surface area contributed by atoms with Crippen LogP contribution in [0.3, 0.4) is 0 Å². The Morgan fingerprint density at radius 2 is 1.95 bits per heavy atom. The highest BCUT2D eigenvalue weighted by atomic mass is 16.6. The van der Waals surface area contributed by atoms with Crippen molar-refractivity contribution in [1.82, 2.24) is 4.90 Å². The lowest BCUT2D eigenvalue weighted by molar-refractivity contribution is 0.0234. The normalized spacial score (nSPS) is 11.2. The van der Waals surface area contributed by atoms with Gasteiger partial charge in [0.25, 0.3) is 0 Å². The second-order valence-electron chi connectivity index (χ2n) is 5.60. The standard InChI is InChI=1S/C15H24N2O2/c1-5-10-17(14(18)19-15(2,3)4)11-12-8-6-7-9-13(12)16/h6-9H,5,10-11,16H2,1-4H3. The van der Waals surface area contributed by atoms with Crippen LogP contribution in [0.4, 0.5) is 10.5 Å². The molecule has 0 fully saturated rings. The van der Waals surface area contributed by atoms with Crippen LogP contribution in [-0.2, 0) is 11.3 Å². The first-order chi connectivity index (χ1) is 8.83. The summed E-state index contributed by atoms with van der Waals surface area (Å²) in [6.45, 7) is 8.77. The molecule has 0 heterocycles. The molecule has 0 saturated heterocycles. The summed E-state index contributed by atoms with van der Waals surface area (Å²) in [4.78, 5) is 13.8. The number of anilines is 1. The SMILES string of the molecule is CCCN(Cc1ccccc1N)C(=O)OC(C)(C)C. The van der Waals surface area contributed by atoms with Crippen LogP contribution in [0.15, 0.2) is 24.3 Å². The topological polar surface area (TPSA) is 55.6 Å². The first-order valence-corrected chi connectivity index (χ1v) is 6.65. The van der Waals surface area contributed by atoms with Crippen LogP contribution in [-0.4, -0.2) is 23.1 Å². The first-order valence-electron chi connectivity index (χ1n) is 6.65. The van der Waals surface area contributed by atoms with Crippen LogP contribution >= 0.6 is 0 Å². The average molecular weight is 264 g/mol. The largest absolute Gasteiger partial charge is 0.444 e. The molecule has 1 aromatic rings. The molecule has 0 saturated carbocycles. The summed E-state index contributed by atoms with van der Waals surface area (Å²) in [5, 5.41) is 0. The molecule has 1 aromatic carbocycles. The van der Waals surface area contributed by atoms with Crippen LogP contribution in [0.1, 0.15) is 39.7 Å². The van der Waals surface area contributed by atoms with Gasteiger partial charge in [0.2, 0.25) is 0 Å². The summed E-state index contributed by atoms with van der Waals surface area (Å²) in [6.07, 6.45) is 0.587. The molecule has 4 heteroatoms. The third-order valence-corrected chi connectivity index (χ3v) is 2.56. The maximum Gasteiger partial charge on any atom is 0.410 e. The van der Waals surface area contributed by atoms with Crippen LogP contribution in [0, 0.1) is 0 Å². The van der Waals surface area contributed by atoms with Crippen LogP contribution in [0.2, 0.25) is 0 Å². The lowest BCUT2D eigenvalue weighted by Gasteiger charge is -2.27. The Labute approximate surface area is 115 Å². The fourth-order valence-electron chi connectivity index (χ4n) is 1.72. The molecule has 0 unspecified atom stereocenters.